The van der Waals surface area contributed by atoms with Gasteiger partial charge in [0, 0.05) is 13.1 Å². The van der Waals surface area contributed by atoms with Gasteiger partial charge in [0.1, 0.15) is 0 Å². The van der Waals surface area contributed by atoms with Crippen LogP contribution < -0.4 is 0 Å². The lowest BCUT2D eigenvalue weighted by Crippen LogP contribution is -2.49. The van der Waals surface area contributed by atoms with Crippen LogP contribution in [0.25, 0.3) is 0 Å². The fourth-order valence-corrected chi connectivity index (χ4v) is 4.23. The largest absolute Gasteiger partial charge is 0.214 e. The fourth-order valence-electron chi connectivity index (χ4n) is 2.65. The van der Waals surface area contributed by atoms with Gasteiger partial charge in [0.15, 0.2) is 0 Å². The molecule has 0 aromatic carbocycles. The zero-order valence-corrected chi connectivity index (χ0v) is 8.89. The summed E-state index contributed by atoms with van der Waals surface area (Å²) in [5, 5.41) is 0. The summed E-state index contributed by atoms with van der Waals surface area (Å²) in [4.78, 5) is 0. The number of rotatable bonds is 0. The summed E-state index contributed by atoms with van der Waals surface area (Å²) >= 11 is 0. The molecule has 0 aromatic heterocycles. The molecule has 1 saturated carbocycles. The number of sulfonamides is 1. The van der Waals surface area contributed by atoms with Crippen molar-refractivity contribution in [3.05, 3.63) is 0 Å². The highest BCUT2D eigenvalue weighted by Crippen LogP contribution is 2.35. The molecule has 1 saturated heterocycles. The number of hydrogen-bond donors (Lipinski definition) is 0. The zero-order chi connectivity index (χ0) is 9.47. The van der Waals surface area contributed by atoms with E-state index in [4.69, 9.17) is 0 Å². The van der Waals surface area contributed by atoms with Crippen molar-refractivity contribution in [2.24, 2.45) is 5.92 Å². The number of fused-ring (bicyclic) bond motifs is 1. The van der Waals surface area contributed by atoms with Crippen molar-refractivity contribution in [2.75, 3.05) is 12.8 Å². The molecular formula is C9H17NO2S. The molecule has 13 heavy (non-hydrogen) atoms. The van der Waals surface area contributed by atoms with Crippen LogP contribution in [-0.2, 0) is 10.0 Å². The molecule has 2 fully saturated rings. The minimum Gasteiger partial charge on any atom is -0.212 e. The minimum absolute atomic E-state index is 0.312. The first-order valence-corrected chi connectivity index (χ1v) is 6.68. The molecular weight excluding hydrogens is 186 g/mol. The zero-order valence-electron chi connectivity index (χ0n) is 8.07. The quantitative estimate of drug-likeness (QED) is 0.593. The monoisotopic (exact) mass is 203 g/mol. The first-order valence-electron chi connectivity index (χ1n) is 5.07. The lowest BCUT2D eigenvalue weighted by molar-refractivity contribution is 0.180. The predicted molar refractivity (Wildman–Crippen MR) is 51.9 cm³/mol. The van der Waals surface area contributed by atoms with E-state index in [9.17, 15) is 8.42 Å². The maximum absolute atomic E-state index is 11.6. The molecule has 2 rings (SSSR count). The smallest absolute Gasteiger partial charge is 0.212 e. The second kappa shape index (κ2) is 3.24. The van der Waals surface area contributed by atoms with Crippen molar-refractivity contribution in [3.8, 4) is 0 Å². The van der Waals surface area contributed by atoms with Crippen molar-refractivity contribution in [3.63, 3.8) is 0 Å². The van der Waals surface area contributed by atoms with Crippen LogP contribution in [0.5, 0.6) is 0 Å². The van der Waals surface area contributed by atoms with Gasteiger partial charge in [0.2, 0.25) is 10.0 Å². The van der Waals surface area contributed by atoms with Gasteiger partial charge in [-0.25, -0.2) is 12.7 Å². The molecule has 0 spiro atoms. The summed E-state index contributed by atoms with van der Waals surface area (Å²) < 4.78 is 24.8. The molecule has 0 radical (unpaired) electrons. The van der Waals surface area contributed by atoms with Crippen LogP contribution in [0.15, 0.2) is 0 Å². The Morgan fingerprint density at radius 2 is 1.85 bits per heavy atom. The van der Waals surface area contributed by atoms with Gasteiger partial charge in [-0.3, -0.25) is 0 Å². The molecule has 0 aromatic rings. The van der Waals surface area contributed by atoms with Gasteiger partial charge in [-0.1, -0.05) is 12.8 Å². The van der Waals surface area contributed by atoms with E-state index in [0.717, 1.165) is 12.8 Å². The molecule has 1 aliphatic heterocycles. The van der Waals surface area contributed by atoms with E-state index < -0.39 is 10.0 Å². The van der Waals surface area contributed by atoms with E-state index in [-0.39, 0.29) is 0 Å². The van der Waals surface area contributed by atoms with Crippen LogP contribution in [0.1, 0.15) is 32.1 Å². The van der Waals surface area contributed by atoms with Crippen LogP contribution >= 0.6 is 0 Å². The van der Waals surface area contributed by atoms with Crippen LogP contribution in [0, 0.1) is 5.92 Å². The average Bonchev–Trinajstić information content (AvgIpc) is 2.13. The summed E-state index contributed by atoms with van der Waals surface area (Å²) in [5.74, 6) is 1.01. The van der Waals surface area contributed by atoms with E-state index in [2.05, 4.69) is 0 Å². The lowest BCUT2D eigenvalue weighted by atomic mass is 9.83. The molecule has 76 valence electrons. The minimum atomic E-state index is -2.90. The third-order valence-electron chi connectivity index (χ3n) is 3.52. The van der Waals surface area contributed by atoms with E-state index in [1.54, 1.807) is 11.4 Å². The van der Waals surface area contributed by atoms with Gasteiger partial charge < -0.3 is 0 Å². The molecule has 2 aliphatic rings. The molecule has 0 N–H and O–H groups in total. The molecule has 4 heteroatoms. The average molecular weight is 203 g/mol. The van der Waals surface area contributed by atoms with Gasteiger partial charge in [0.05, 0.1) is 5.75 Å². The molecule has 3 nitrogen and oxygen atoms in total. The lowest BCUT2D eigenvalue weighted by Gasteiger charge is -2.41. The van der Waals surface area contributed by atoms with Crippen molar-refractivity contribution in [2.45, 2.75) is 38.1 Å². The number of nitrogens with zero attached hydrogens (tertiary/aromatic N) is 1. The Kier molecular flexibility index (Phi) is 2.36. The standard InChI is InChI=1S/C9H17NO2S/c1-10-9-5-3-2-4-8(9)6-7-13(10,11)12/h8-9H,2-7H2,1H3/t8-,9+/m0/s1. The fraction of sp³-hybridized carbons (Fsp3) is 1.00. The summed E-state index contributed by atoms with van der Waals surface area (Å²) in [6.45, 7) is 0. The highest BCUT2D eigenvalue weighted by molar-refractivity contribution is 7.89. The van der Waals surface area contributed by atoms with Gasteiger partial charge in [-0.15, -0.1) is 0 Å². The van der Waals surface area contributed by atoms with Crippen molar-refractivity contribution >= 4 is 10.0 Å². The van der Waals surface area contributed by atoms with Gasteiger partial charge in [0.25, 0.3) is 0 Å². The maximum atomic E-state index is 11.6. The first kappa shape index (κ1) is 9.46. The molecule has 0 amide bonds. The summed E-state index contributed by atoms with van der Waals surface area (Å²) in [7, 11) is -1.15. The molecule has 0 unspecified atom stereocenters. The van der Waals surface area contributed by atoms with Gasteiger partial charge in [-0.05, 0) is 25.2 Å². The molecule has 1 heterocycles. The van der Waals surface area contributed by atoms with E-state index in [1.165, 1.54) is 19.3 Å². The van der Waals surface area contributed by atoms with Crippen LogP contribution in [-0.4, -0.2) is 31.6 Å². The number of hydrogen-bond acceptors (Lipinski definition) is 2. The maximum Gasteiger partial charge on any atom is 0.214 e. The third-order valence-corrected chi connectivity index (χ3v) is 5.42. The van der Waals surface area contributed by atoms with E-state index in [0.29, 0.717) is 17.7 Å². The van der Waals surface area contributed by atoms with E-state index >= 15 is 0 Å². The highest BCUT2D eigenvalue weighted by Gasteiger charge is 2.38. The summed E-state index contributed by atoms with van der Waals surface area (Å²) in [5.41, 5.74) is 0. The Bertz CT molecular complexity index is 286. The topological polar surface area (TPSA) is 37.4 Å². The van der Waals surface area contributed by atoms with Crippen LogP contribution in [0.3, 0.4) is 0 Å². The Labute approximate surface area is 80.2 Å². The second-order valence-corrected chi connectivity index (χ2v) is 6.38. The third kappa shape index (κ3) is 1.62. The van der Waals surface area contributed by atoms with E-state index in [1.807, 2.05) is 0 Å². The predicted octanol–water partition coefficient (Wildman–Crippen LogP) is 1.21. The molecule has 2 atom stereocenters. The summed E-state index contributed by atoms with van der Waals surface area (Å²) in [6, 6.07) is 0.312. The van der Waals surface area contributed by atoms with Crippen molar-refractivity contribution < 1.29 is 8.42 Å². The molecule has 0 bridgehead atoms. The first-order chi connectivity index (χ1) is 6.11. The Morgan fingerprint density at radius 3 is 2.62 bits per heavy atom. The highest BCUT2D eigenvalue weighted by atomic mass is 32.2. The molecule has 1 aliphatic carbocycles. The van der Waals surface area contributed by atoms with Gasteiger partial charge in [-0.2, -0.15) is 0 Å². The van der Waals surface area contributed by atoms with Crippen LogP contribution in [0.2, 0.25) is 0 Å². The SMILES string of the molecule is CN1[C@@H]2CCCC[C@H]2CCS1(=O)=O. The van der Waals surface area contributed by atoms with Crippen molar-refractivity contribution in [1.29, 1.82) is 0 Å². The normalized spacial score (nSPS) is 39.8. The summed E-state index contributed by atoms with van der Waals surface area (Å²) in [6.07, 6.45) is 5.67. The Hall–Kier alpha value is -0.0900. The Morgan fingerprint density at radius 1 is 1.15 bits per heavy atom. The van der Waals surface area contributed by atoms with Crippen molar-refractivity contribution in [1.82, 2.24) is 4.31 Å². The Balaban J connectivity index is 2.19. The van der Waals surface area contributed by atoms with Crippen LogP contribution in [0.4, 0.5) is 0 Å². The second-order valence-electron chi connectivity index (χ2n) is 4.23. The van der Waals surface area contributed by atoms with Gasteiger partial charge >= 0.3 is 0 Å².